The maximum absolute atomic E-state index is 12.5. The van der Waals surface area contributed by atoms with Gasteiger partial charge in [-0.3, -0.25) is 13.6 Å². The molecule has 0 amide bonds. The lowest BCUT2D eigenvalue weighted by Gasteiger charge is -2.04. The first-order chi connectivity index (χ1) is 10.9. The van der Waals surface area contributed by atoms with Crippen LogP contribution in [-0.4, -0.2) is 48.6 Å². The molecule has 1 atom stereocenters. The van der Waals surface area contributed by atoms with Gasteiger partial charge in [0.05, 0.1) is 35.2 Å². The zero-order valence-corrected chi connectivity index (χ0v) is 14.2. The van der Waals surface area contributed by atoms with Crippen molar-refractivity contribution in [2.45, 2.75) is 32.5 Å². The number of esters is 1. The number of aromatic nitrogens is 4. The molecule has 0 saturated carbocycles. The number of H-pyrrole nitrogens is 1. The summed E-state index contributed by atoms with van der Waals surface area (Å²) in [5.41, 5.74) is 1.82. The molecular formula is C14H18N4O4S. The van der Waals surface area contributed by atoms with Gasteiger partial charge in [0.15, 0.2) is 5.78 Å². The van der Waals surface area contributed by atoms with Crippen LogP contribution < -0.4 is 0 Å². The maximum Gasteiger partial charge on any atom is 0.340 e. The Kier molecular flexibility index (Phi) is 5.09. The van der Waals surface area contributed by atoms with Gasteiger partial charge in [-0.05, 0) is 26.3 Å². The molecule has 2 heterocycles. The molecule has 0 saturated heterocycles. The molecule has 2 aromatic rings. The van der Waals surface area contributed by atoms with Crippen LogP contribution in [0.2, 0.25) is 0 Å². The predicted molar refractivity (Wildman–Crippen MR) is 82.9 cm³/mol. The van der Waals surface area contributed by atoms with E-state index in [9.17, 15) is 13.8 Å². The second kappa shape index (κ2) is 6.86. The fourth-order valence-electron chi connectivity index (χ4n) is 2.35. The van der Waals surface area contributed by atoms with Crippen molar-refractivity contribution >= 4 is 22.6 Å². The molecule has 0 aliphatic heterocycles. The summed E-state index contributed by atoms with van der Waals surface area (Å²) < 4.78 is 18.0. The number of carbonyl (C=O) groups is 2. The highest BCUT2D eigenvalue weighted by molar-refractivity contribution is 7.84. The van der Waals surface area contributed by atoms with Gasteiger partial charge in [0.1, 0.15) is 6.33 Å². The van der Waals surface area contributed by atoms with Gasteiger partial charge >= 0.3 is 5.97 Å². The average molecular weight is 338 g/mol. The van der Waals surface area contributed by atoms with E-state index in [1.165, 1.54) is 17.2 Å². The van der Waals surface area contributed by atoms with Gasteiger partial charge in [-0.15, -0.1) is 10.2 Å². The van der Waals surface area contributed by atoms with Crippen LogP contribution in [0.3, 0.4) is 0 Å². The van der Waals surface area contributed by atoms with Gasteiger partial charge in [0, 0.05) is 11.9 Å². The zero-order valence-electron chi connectivity index (χ0n) is 13.4. The lowest BCUT2D eigenvalue weighted by atomic mass is 10.1. The number of aromatic amines is 1. The molecule has 0 aliphatic carbocycles. The summed E-state index contributed by atoms with van der Waals surface area (Å²) in [6.45, 7) is 5.32. The summed E-state index contributed by atoms with van der Waals surface area (Å²) in [5, 5.41) is 7.63. The van der Waals surface area contributed by atoms with Gasteiger partial charge in [-0.25, -0.2) is 4.79 Å². The number of carbonyl (C=O) groups excluding carboxylic acids is 2. The first-order valence-corrected chi connectivity index (χ1v) is 8.53. The molecule has 23 heavy (non-hydrogen) atoms. The van der Waals surface area contributed by atoms with Crippen LogP contribution in [0.4, 0.5) is 0 Å². The Bertz CT molecular complexity index is 778. The van der Waals surface area contributed by atoms with E-state index in [2.05, 4.69) is 15.2 Å². The number of hydrogen-bond acceptors (Lipinski definition) is 6. The van der Waals surface area contributed by atoms with Crippen molar-refractivity contribution in [2.75, 3.05) is 12.9 Å². The lowest BCUT2D eigenvalue weighted by Crippen LogP contribution is -2.14. The van der Waals surface area contributed by atoms with Gasteiger partial charge in [0.25, 0.3) is 0 Å². The van der Waals surface area contributed by atoms with Crippen molar-refractivity contribution in [3.8, 4) is 0 Å². The maximum atomic E-state index is 12.5. The summed E-state index contributed by atoms with van der Waals surface area (Å²) in [5.74, 6) is -0.718. The Hall–Kier alpha value is -2.29. The second-order valence-corrected chi connectivity index (χ2v) is 6.24. The summed E-state index contributed by atoms with van der Waals surface area (Å²) >= 11 is 0. The minimum atomic E-state index is -1.34. The van der Waals surface area contributed by atoms with Crippen LogP contribution in [0.25, 0.3) is 0 Å². The van der Waals surface area contributed by atoms with Gasteiger partial charge in [-0.2, -0.15) is 0 Å². The van der Waals surface area contributed by atoms with Crippen molar-refractivity contribution in [3.05, 3.63) is 28.8 Å². The summed E-state index contributed by atoms with van der Waals surface area (Å²) in [4.78, 5) is 27.4. The molecule has 9 heteroatoms. The van der Waals surface area contributed by atoms with E-state index >= 15 is 0 Å². The van der Waals surface area contributed by atoms with Crippen LogP contribution in [0.5, 0.6) is 0 Å². The highest BCUT2D eigenvalue weighted by Crippen LogP contribution is 2.20. The monoisotopic (exact) mass is 338 g/mol. The van der Waals surface area contributed by atoms with E-state index in [0.717, 1.165) is 0 Å². The van der Waals surface area contributed by atoms with Gasteiger partial charge in [0.2, 0.25) is 5.16 Å². The molecule has 1 N–H and O–H groups in total. The predicted octanol–water partition coefficient (Wildman–Crippen LogP) is 1.02. The highest BCUT2D eigenvalue weighted by atomic mass is 32.2. The molecular weight excluding hydrogens is 320 g/mol. The molecule has 0 radical (unpaired) electrons. The highest BCUT2D eigenvalue weighted by Gasteiger charge is 2.23. The van der Waals surface area contributed by atoms with Crippen LogP contribution in [0.1, 0.15) is 39.0 Å². The van der Waals surface area contributed by atoms with Crippen LogP contribution >= 0.6 is 0 Å². The normalized spacial score (nSPS) is 12.2. The van der Waals surface area contributed by atoms with Crippen LogP contribution in [0.15, 0.2) is 11.5 Å². The Labute approximate surface area is 135 Å². The van der Waals surface area contributed by atoms with E-state index in [-0.39, 0.29) is 24.1 Å². The third-order valence-electron chi connectivity index (χ3n) is 3.35. The minimum Gasteiger partial charge on any atom is -0.462 e. The number of ketones is 1. The molecule has 2 rings (SSSR count). The van der Waals surface area contributed by atoms with Gasteiger partial charge in [-0.1, -0.05) is 0 Å². The van der Waals surface area contributed by atoms with Crippen molar-refractivity contribution in [1.29, 1.82) is 0 Å². The van der Waals surface area contributed by atoms with Crippen molar-refractivity contribution in [3.63, 3.8) is 0 Å². The number of aryl methyl sites for hydroxylation is 1. The quantitative estimate of drug-likeness (QED) is 0.622. The number of rotatable bonds is 6. The number of ether oxygens (including phenoxy) is 1. The molecule has 2 aromatic heterocycles. The summed E-state index contributed by atoms with van der Waals surface area (Å²) in [6, 6.07) is 0. The number of nitrogens with zero attached hydrogens (tertiary/aromatic N) is 3. The SMILES string of the molecule is CCOC(=O)c1c(C)[nH]c(C(=O)Cn2cnnc2S(C)=O)c1C. The summed E-state index contributed by atoms with van der Waals surface area (Å²) in [7, 11) is -1.34. The molecule has 1 unspecified atom stereocenters. The Morgan fingerprint density at radius 3 is 2.70 bits per heavy atom. The number of Topliss-reactive ketones (excluding diaryl/α,β-unsaturated/α-hetero) is 1. The molecule has 124 valence electrons. The lowest BCUT2D eigenvalue weighted by molar-refractivity contribution is 0.0525. The van der Waals surface area contributed by atoms with Crippen LogP contribution in [-0.2, 0) is 22.1 Å². The molecule has 0 spiro atoms. The fourth-order valence-corrected chi connectivity index (χ4v) is 2.95. The zero-order chi connectivity index (χ0) is 17.1. The molecule has 0 bridgehead atoms. The number of hydrogen-bond donors (Lipinski definition) is 1. The molecule has 0 aromatic carbocycles. The minimum absolute atomic E-state index is 0.0645. The van der Waals surface area contributed by atoms with Crippen LogP contribution in [0, 0.1) is 13.8 Å². The topological polar surface area (TPSA) is 107 Å². The average Bonchev–Trinajstić information content (AvgIpc) is 3.03. The van der Waals surface area contributed by atoms with E-state index < -0.39 is 16.8 Å². The third-order valence-corrected chi connectivity index (χ3v) is 4.18. The summed E-state index contributed by atoms with van der Waals surface area (Å²) in [6.07, 6.45) is 2.82. The van der Waals surface area contributed by atoms with E-state index in [1.54, 1.807) is 20.8 Å². The van der Waals surface area contributed by atoms with Crippen molar-refractivity contribution in [2.24, 2.45) is 0 Å². The van der Waals surface area contributed by atoms with Gasteiger partial charge < -0.3 is 9.72 Å². The first-order valence-electron chi connectivity index (χ1n) is 6.97. The molecule has 8 nitrogen and oxygen atoms in total. The second-order valence-electron chi connectivity index (χ2n) is 4.96. The third kappa shape index (κ3) is 3.39. The smallest absolute Gasteiger partial charge is 0.340 e. The van der Waals surface area contributed by atoms with Crippen molar-refractivity contribution in [1.82, 2.24) is 19.7 Å². The Balaban J connectivity index is 2.30. The standard InChI is InChI=1S/C14H18N4O4S/c1-5-22-13(20)11-8(2)12(16-9(11)3)10(19)6-18-7-15-17-14(18)23(4)21/h7,16H,5-6H2,1-4H3. The Morgan fingerprint density at radius 2 is 2.09 bits per heavy atom. The van der Waals surface area contributed by atoms with Crippen molar-refractivity contribution < 1.29 is 18.5 Å². The number of nitrogens with one attached hydrogen (secondary N) is 1. The van der Waals surface area contributed by atoms with E-state index in [1.807, 2.05) is 0 Å². The fraction of sp³-hybridized carbons (Fsp3) is 0.429. The Morgan fingerprint density at radius 1 is 1.39 bits per heavy atom. The van der Waals surface area contributed by atoms with E-state index in [0.29, 0.717) is 22.5 Å². The molecule has 0 aliphatic rings. The molecule has 0 fully saturated rings. The first kappa shape index (κ1) is 17.1. The largest absolute Gasteiger partial charge is 0.462 e. The van der Waals surface area contributed by atoms with E-state index in [4.69, 9.17) is 4.74 Å².